The topological polar surface area (TPSA) is 18.5 Å². The number of halogens is 1. The number of hydrogen-bond donors (Lipinski definition) is 1. The van der Waals surface area contributed by atoms with Gasteiger partial charge in [-0.05, 0) is 31.5 Å². The summed E-state index contributed by atoms with van der Waals surface area (Å²) in [4.78, 5) is 5.01. The molecule has 1 fully saturated rings. The summed E-state index contributed by atoms with van der Waals surface area (Å²) in [6, 6.07) is 4.78. The largest absolute Gasteiger partial charge is 0.368 e. The molecule has 0 bridgehead atoms. The Morgan fingerprint density at radius 2 is 2.28 bits per heavy atom. The summed E-state index contributed by atoms with van der Waals surface area (Å²) in [6.07, 6.45) is 0. The summed E-state index contributed by atoms with van der Waals surface area (Å²) in [5.41, 5.74) is 3.98. The van der Waals surface area contributed by atoms with E-state index in [4.69, 9.17) is 11.6 Å². The van der Waals surface area contributed by atoms with Gasteiger partial charge in [0.1, 0.15) is 0 Å². The SMILES string of the molecule is CCN1CC2CNCCN2c2cc(Cl)cc(C)c21. The minimum atomic E-state index is 0.573. The monoisotopic (exact) mass is 265 g/mol. The van der Waals surface area contributed by atoms with Crippen molar-refractivity contribution in [2.75, 3.05) is 42.5 Å². The number of hydrogen-bond acceptors (Lipinski definition) is 3. The van der Waals surface area contributed by atoms with Gasteiger partial charge in [0.2, 0.25) is 0 Å². The fourth-order valence-corrected chi connectivity index (χ4v) is 3.49. The highest BCUT2D eigenvalue weighted by molar-refractivity contribution is 6.31. The molecule has 1 atom stereocenters. The number of aryl methyl sites for hydroxylation is 1. The summed E-state index contributed by atoms with van der Waals surface area (Å²) in [7, 11) is 0. The lowest BCUT2D eigenvalue weighted by molar-refractivity contribution is 0.460. The zero-order valence-electron chi connectivity index (χ0n) is 11.0. The Hall–Kier alpha value is -0.930. The average molecular weight is 266 g/mol. The molecule has 2 aliphatic heterocycles. The predicted octanol–water partition coefficient (Wildman–Crippen LogP) is 2.27. The van der Waals surface area contributed by atoms with Crippen LogP contribution in [0.3, 0.4) is 0 Å². The fraction of sp³-hybridized carbons (Fsp3) is 0.571. The average Bonchev–Trinajstić information content (AvgIpc) is 2.37. The van der Waals surface area contributed by atoms with E-state index in [2.05, 4.69) is 41.1 Å². The molecule has 2 aliphatic rings. The molecule has 98 valence electrons. The van der Waals surface area contributed by atoms with E-state index in [-0.39, 0.29) is 0 Å². The van der Waals surface area contributed by atoms with Crippen molar-refractivity contribution in [1.82, 2.24) is 5.32 Å². The Kier molecular flexibility index (Phi) is 3.12. The molecule has 1 N–H and O–H groups in total. The lowest BCUT2D eigenvalue weighted by Crippen LogP contribution is -2.59. The Bertz CT molecular complexity index is 461. The Balaban J connectivity index is 2.11. The quantitative estimate of drug-likeness (QED) is 0.840. The Labute approximate surface area is 114 Å². The van der Waals surface area contributed by atoms with Crippen LogP contribution in [0.4, 0.5) is 11.4 Å². The summed E-state index contributed by atoms with van der Waals surface area (Å²) in [5.74, 6) is 0. The first-order chi connectivity index (χ1) is 8.70. The van der Waals surface area contributed by atoms with Crippen LogP contribution in [0.15, 0.2) is 12.1 Å². The molecule has 0 aliphatic carbocycles. The van der Waals surface area contributed by atoms with E-state index in [1.807, 2.05) is 0 Å². The van der Waals surface area contributed by atoms with Gasteiger partial charge in [-0.3, -0.25) is 0 Å². The van der Waals surface area contributed by atoms with E-state index in [0.717, 1.165) is 37.7 Å². The minimum Gasteiger partial charge on any atom is -0.368 e. The van der Waals surface area contributed by atoms with Gasteiger partial charge in [-0.15, -0.1) is 0 Å². The Morgan fingerprint density at radius 3 is 3.06 bits per heavy atom. The van der Waals surface area contributed by atoms with E-state index >= 15 is 0 Å². The molecule has 1 saturated heterocycles. The van der Waals surface area contributed by atoms with Gasteiger partial charge >= 0.3 is 0 Å². The molecule has 0 aromatic heterocycles. The molecule has 3 rings (SSSR count). The van der Waals surface area contributed by atoms with Crippen molar-refractivity contribution in [1.29, 1.82) is 0 Å². The van der Waals surface area contributed by atoms with Crippen molar-refractivity contribution in [3.05, 3.63) is 22.7 Å². The number of nitrogens with one attached hydrogen (secondary N) is 1. The first kappa shape index (κ1) is 12.1. The van der Waals surface area contributed by atoms with Crippen LogP contribution in [0.2, 0.25) is 5.02 Å². The summed E-state index contributed by atoms with van der Waals surface area (Å²) in [5, 5.41) is 4.34. The molecule has 0 amide bonds. The summed E-state index contributed by atoms with van der Waals surface area (Å²) < 4.78 is 0. The van der Waals surface area contributed by atoms with Gasteiger partial charge in [0.05, 0.1) is 17.4 Å². The van der Waals surface area contributed by atoms with Gasteiger partial charge in [-0.25, -0.2) is 0 Å². The number of rotatable bonds is 1. The zero-order chi connectivity index (χ0) is 12.7. The number of likely N-dealkylation sites (N-methyl/N-ethyl adjacent to an activating group) is 1. The summed E-state index contributed by atoms with van der Waals surface area (Å²) in [6.45, 7) is 9.77. The van der Waals surface area contributed by atoms with Gasteiger partial charge in [-0.2, -0.15) is 0 Å². The predicted molar refractivity (Wildman–Crippen MR) is 78.1 cm³/mol. The highest BCUT2D eigenvalue weighted by Gasteiger charge is 2.32. The van der Waals surface area contributed by atoms with Crippen LogP contribution in [-0.4, -0.2) is 38.8 Å². The molecular weight excluding hydrogens is 246 g/mol. The standard InChI is InChI=1S/C14H20ClN3/c1-3-17-9-12-8-16-4-5-18(12)13-7-11(15)6-10(2)14(13)17/h6-7,12,16H,3-5,8-9H2,1-2H3. The number of nitrogens with zero attached hydrogens (tertiary/aromatic N) is 2. The highest BCUT2D eigenvalue weighted by Crippen LogP contribution is 2.40. The van der Waals surface area contributed by atoms with Gasteiger partial charge in [0.15, 0.2) is 0 Å². The first-order valence-corrected chi connectivity index (χ1v) is 7.11. The molecule has 0 spiro atoms. The number of fused-ring (bicyclic) bond motifs is 3. The highest BCUT2D eigenvalue weighted by atomic mass is 35.5. The maximum absolute atomic E-state index is 6.24. The fourth-order valence-electron chi connectivity index (χ4n) is 3.22. The third-order valence-electron chi connectivity index (χ3n) is 4.03. The molecule has 0 saturated carbocycles. The Morgan fingerprint density at radius 1 is 1.44 bits per heavy atom. The third-order valence-corrected chi connectivity index (χ3v) is 4.25. The number of anilines is 2. The first-order valence-electron chi connectivity index (χ1n) is 6.73. The van der Waals surface area contributed by atoms with Crippen molar-refractivity contribution in [2.24, 2.45) is 0 Å². The van der Waals surface area contributed by atoms with Crippen molar-refractivity contribution >= 4 is 23.0 Å². The second kappa shape index (κ2) is 4.63. The second-order valence-electron chi connectivity index (χ2n) is 5.18. The van der Waals surface area contributed by atoms with Gasteiger partial charge in [-0.1, -0.05) is 11.6 Å². The third kappa shape index (κ3) is 1.86. The summed E-state index contributed by atoms with van der Waals surface area (Å²) >= 11 is 6.24. The minimum absolute atomic E-state index is 0.573. The van der Waals surface area contributed by atoms with E-state index in [1.54, 1.807) is 0 Å². The van der Waals surface area contributed by atoms with E-state index in [1.165, 1.54) is 16.9 Å². The normalized spacial score (nSPS) is 22.7. The van der Waals surface area contributed by atoms with Crippen molar-refractivity contribution in [3.63, 3.8) is 0 Å². The van der Waals surface area contributed by atoms with Crippen molar-refractivity contribution < 1.29 is 0 Å². The molecule has 3 nitrogen and oxygen atoms in total. The van der Waals surface area contributed by atoms with Gasteiger partial charge in [0.25, 0.3) is 0 Å². The second-order valence-corrected chi connectivity index (χ2v) is 5.62. The molecule has 4 heteroatoms. The molecule has 1 unspecified atom stereocenters. The molecule has 18 heavy (non-hydrogen) atoms. The number of benzene rings is 1. The van der Waals surface area contributed by atoms with Gasteiger partial charge < -0.3 is 15.1 Å². The number of piperazine rings is 1. The van der Waals surface area contributed by atoms with Gasteiger partial charge in [0, 0.05) is 37.7 Å². The lowest BCUT2D eigenvalue weighted by atomic mass is 10.0. The van der Waals surface area contributed by atoms with Crippen LogP contribution in [0.25, 0.3) is 0 Å². The zero-order valence-corrected chi connectivity index (χ0v) is 11.8. The van der Waals surface area contributed by atoms with Crippen LogP contribution in [0, 0.1) is 6.92 Å². The molecular formula is C14H20ClN3. The molecule has 2 heterocycles. The van der Waals surface area contributed by atoms with E-state index < -0.39 is 0 Å². The van der Waals surface area contributed by atoms with Crippen molar-refractivity contribution in [3.8, 4) is 0 Å². The van der Waals surface area contributed by atoms with Crippen LogP contribution < -0.4 is 15.1 Å². The maximum Gasteiger partial charge on any atom is 0.0635 e. The molecule has 1 aromatic rings. The molecule has 0 radical (unpaired) electrons. The van der Waals surface area contributed by atoms with Crippen molar-refractivity contribution in [2.45, 2.75) is 19.9 Å². The van der Waals surface area contributed by atoms with Crippen LogP contribution in [0.5, 0.6) is 0 Å². The van der Waals surface area contributed by atoms with Crippen LogP contribution in [0.1, 0.15) is 12.5 Å². The van der Waals surface area contributed by atoms with E-state index in [9.17, 15) is 0 Å². The maximum atomic E-state index is 6.24. The van der Waals surface area contributed by atoms with E-state index in [0.29, 0.717) is 6.04 Å². The van der Waals surface area contributed by atoms with Crippen LogP contribution >= 0.6 is 11.6 Å². The smallest absolute Gasteiger partial charge is 0.0635 e. The molecule has 1 aromatic carbocycles. The van der Waals surface area contributed by atoms with Crippen LogP contribution in [-0.2, 0) is 0 Å². The lowest BCUT2D eigenvalue weighted by Gasteiger charge is -2.47.